The van der Waals surface area contributed by atoms with Gasteiger partial charge in [-0.2, -0.15) is 5.26 Å². The van der Waals surface area contributed by atoms with E-state index in [1.165, 1.54) is 46.8 Å². The number of amides is 2. The topological polar surface area (TPSA) is 146 Å². The maximum atomic E-state index is 13.3. The summed E-state index contributed by atoms with van der Waals surface area (Å²) in [6.07, 6.45) is -0.304. The molecule has 0 aliphatic carbocycles. The van der Waals surface area contributed by atoms with Gasteiger partial charge in [0.25, 0.3) is 15.9 Å². The van der Waals surface area contributed by atoms with Crippen LogP contribution in [0, 0.1) is 11.3 Å². The highest BCUT2D eigenvalue weighted by Crippen LogP contribution is 2.29. The lowest BCUT2D eigenvalue weighted by Crippen LogP contribution is -2.30. The highest BCUT2D eigenvalue weighted by atomic mass is 35.5. The highest BCUT2D eigenvalue weighted by molar-refractivity contribution is 7.92. The van der Waals surface area contributed by atoms with E-state index in [2.05, 4.69) is 10.6 Å². The lowest BCUT2D eigenvalue weighted by Gasteiger charge is -2.23. The summed E-state index contributed by atoms with van der Waals surface area (Å²) in [7, 11) is -3.96. The number of benzene rings is 3. The van der Waals surface area contributed by atoms with Crippen molar-refractivity contribution >= 4 is 56.5 Å². The summed E-state index contributed by atoms with van der Waals surface area (Å²) in [6.45, 7) is 1.23. The molecule has 3 aromatic rings. The van der Waals surface area contributed by atoms with Crippen LogP contribution in [0.5, 0.6) is 0 Å². The number of rotatable bonds is 10. The summed E-state index contributed by atoms with van der Waals surface area (Å²) in [5.74, 6) is -2.01. The fraction of sp³-hybridized carbons (Fsp3) is 0.154. The summed E-state index contributed by atoms with van der Waals surface area (Å²) >= 11 is 6.17. The Morgan fingerprint density at radius 1 is 0.974 bits per heavy atom. The Labute approximate surface area is 224 Å². The molecular formula is C26H23ClN4O6S. The number of nitriles is 1. The van der Waals surface area contributed by atoms with Gasteiger partial charge in [0.05, 0.1) is 32.9 Å². The normalized spacial score (nSPS) is 10.7. The second-order valence-electron chi connectivity index (χ2n) is 7.73. The zero-order valence-corrected chi connectivity index (χ0v) is 21.8. The van der Waals surface area contributed by atoms with E-state index in [1.807, 2.05) is 0 Å². The van der Waals surface area contributed by atoms with Crippen LogP contribution in [0.4, 0.5) is 17.1 Å². The van der Waals surface area contributed by atoms with Crippen LogP contribution in [-0.4, -0.2) is 39.4 Å². The molecule has 2 N–H and O–H groups in total. The van der Waals surface area contributed by atoms with Crippen molar-refractivity contribution in [2.75, 3.05) is 28.1 Å². The fourth-order valence-electron chi connectivity index (χ4n) is 3.34. The number of esters is 1. The first kappa shape index (κ1) is 28.2. The number of nitrogens with one attached hydrogen (secondary N) is 2. The van der Waals surface area contributed by atoms with Gasteiger partial charge in [0.15, 0.2) is 6.61 Å². The summed E-state index contributed by atoms with van der Waals surface area (Å²) in [6, 6.07) is 19.9. The number of anilines is 3. The van der Waals surface area contributed by atoms with Gasteiger partial charge in [-0.05, 0) is 61.5 Å². The molecule has 0 heterocycles. The first-order valence-electron chi connectivity index (χ1n) is 11.3. The molecule has 0 radical (unpaired) electrons. The SMILES string of the molecule is CCN(c1ccccc1)S(=O)(=O)c1ccc(Cl)c(NC(=O)COC(=O)c2ccc(NC(=O)CC#N)cc2)c1. The largest absolute Gasteiger partial charge is 0.452 e. The van der Waals surface area contributed by atoms with E-state index in [0.717, 1.165) is 0 Å². The van der Waals surface area contributed by atoms with Gasteiger partial charge in [-0.3, -0.25) is 13.9 Å². The monoisotopic (exact) mass is 554 g/mol. The molecule has 12 heteroatoms. The van der Waals surface area contributed by atoms with Crippen LogP contribution in [0.25, 0.3) is 0 Å². The van der Waals surface area contributed by atoms with E-state index < -0.39 is 34.4 Å². The molecular weight excluding hydrogens is 532 g/mol. The lowest BCUT2D eigenvalue weighted by atomic mass is 10.2. The molecule has 0 saturated carbocycles. The van der Waals surface area contributed by atoms with Crippen molar-refractivity contribution in [1.29, 1.82) is 5.26 Å². The van der Waals surface area contributed by atoms with Gasteiger partial charge in [-0.1, -0.05) is 29.8 Å². The van der Waals surface area contributed by atoms with Gasteiger partial charge in [0.1, 0.15) is 6.42 Å². The molecule has 0 aromatic heterocycles. The van der Waals surface area contributed by atoms with Crippen molar-refractivity contribution in [3.05, 3.63) is 83.4 Å². The van der Waals surface area contributed by atoms with Gasteiger partial charge in [-0.15, -0.1) is 0 Å². The van der Waals surface area contributed by atoms with E-state index >= 15 is 0 Å². The molecule has 10 nitrogen and oxygen atoms in total. The Morgan fingerprint density at radius 2 is 1.66 bits per heavy atom. The second-order valence-corrected chi connectivity index (χ2v) is 10.0. The van der Waals surface area contributed by atoms with Crippen LogP contribution in [0.1, 0.15) is 23.7 Å². The van der Waals surface area contributed by atoms with Gasteiger partial charge < -0.3 is 15.4 Å². The minimum Gasteiger partial charge on any atom is -0.452 e. The summed E-state index contributed by atoms with van der Waals surface area (Å²) in [5.41, 5.74) is 1.04. The predicted octanol–water partition coefficient (Wildman–Crippen LogP) is 4.20. The van der Waals surface area contributed by atoms with Crippen molar-refractivity contribution in [2.45, 2.75) is 18.2 Å². The van der Waals surface area contributed by atoms with Crippen LogP contribution in [-0.2, 0) is 24.3 Å². The molecule has 2 amide bonds. The summed E-state index contributed by atoms with van der Waals surface area (Å²) < 4.78 is 32.8. The Morgan fingerprint density at radius 3 is 2.29 bits per heavy atom. The molecule has 38 heavy (non-hydrogen) atoms. The number of carbonyl (C=O) groups is 3. The quantitative estimate of drug-likeness (QED) is 0.357. The molecule has 196 valence electrons. The van der Waals surface area contributed by atoms with Gasteiger partial charge >= 0.3 is 5.97 Å². The molecule has 0 spiro atoms. The number of hydrogen-bond donors (Lipinski definition) is 2. The second kappa shape index (κ2) is 12.7. The smallest absolute Gasteiger partial charge is 0.338 e. The highest BCUT2D eigenvalue weighted by Gasteiger charge is 2.25. The van der Waals surface area contributed by atoms with Gasteiger partial charge in [0.2, 0.25) is 5.91 Å². The van der Waals surface area contributed by atoms with Crippen LogP contribution >= 0.6 is 11.6 Å². The number of sulfonamides is 1. The average Bonchev–Trinajstić information content (AvgIpc) is 2.90. The average molecular weight is 555 g/mol. The number of ether oxygens (including phenoxy) is 1. The number of hydrogen-bond acceptors (Lipinski definition) is 7. The first-order valence-corrected chi connectivity index (χ1v) is 13.1. The van der Waals surface area contributed by atoms with Crippen LogP contribution in [0.15, 0.2) is 77.7 Å². The first-order chi connectivity index (χ1) is 18.1. The van der Waals surface area contributed by atoms with Gasteiger partial charge in [-0.25, -0.2) is 13.2 Å². The Balaban J connectivity index is 1.65. The van der Waals surface area contributed by atoms with E-state index in [9.17, 15) is 22.8 Å². The molecule has 0 fully saturated rings. The molecule has 3 aromatic carbocycles. The maximum absolute atomic E-state index is 13.3. The Bertz CT molecular complexity index is 1470. The molecule has 0 bridgehead atoms. The summed E-state index contributed by atoms with van der Waals surface area (Å²) in [4.78, 5) is 36.1. The predicted molar refractivity (Wildman–Crippen MR) is 142 cm³/mol. The zero-order chi connectivity index (χ0) is 27.7. The third-order valence-corrected chi connectivity index (χ3v) is 7.34. The third-order valence-electron chi connectivity index (χ3n) is 5.11. The van der Waals surface area contributed by atoms with Crippen molar-refractivity contribution < 1.29 is 27.5 Å². The third kappa shape index (κ3) is 7.09. The van der Waals surface area contributed by atoms with E-state index in [4.69, 9.17) is 21.6 Å². The van der Waals surface area contributed by atoms with Crippen molar-refractivity contribution in [3.63, 3.8) is 0 Å². The molecule has 0 aliphatic rings. The minimum absolute atomic E-state index is 0.0374. The summed E-state index contributed by atoms with van der Waals surface area (Å²) in [5, 5.41) is 13.6. The van der Waals surface area contributed by atoms with Crippen LogP contribution < -0.4 is 14.9 Å². The number of nitrogens with zero attached hydrogens (tertiary/aromatic N) is 2. The molecule has 0 atom stereocenters. The lowest BCUT2D eigenvalue weighted by molar-refractivity contribution is -0.119. The van der Waals surface area contributed by atoms with Crippen molar-refractivity contribution in [2.24, 2.45) is 0 Å². The van der Waals surface area contributed by atoms with E-state index in [-0.39, 0.29) is 34.1 Å². The zero-order valence-electron chi connectivity index (χ0n) is 20.2. The number of carbonyl (C=O) groups excluding carboxylic acids is 3. The van der Waals surface area contributed by atoms with Gasteiger partial charge in [0, 0.05) is 12.2 Å². The molecule has 0 unspecified atom stereocenters. The van der Waals surface area contributed by atoms with E-state index in [1.54, 1.807) is 43.3 Å². The fourth-order valence-corrected chi connectivity index (χ4v) is 5.01. The Kier molecular flexibility index (Phi) is 9.43. The van der Waals surface area contributed by atoms with Crippen molar-refractivity contribution in [1.82, 2.24) is 0 Å². The van der Waals surface area contributed by atoms with Crippen LogP contribution in [0.2, 0.25) is 5.02 Å². The van der Waals surface area contributed by atoms with Crippen LogP contribution in [0.3, 0.4) is 0 Å². The number of halogens is 1. The molecule has 3 rings (SSSR count). The molecule has 0 saturated heterocycles. The molecule has 0 aliphatic heterocycles. The minimum atomic E-state index is -3.96. The Hall–Kier alpha value is -4.40. The number of para-hydroxylation sites is 1. The maximum Gasteiger partial charge on any atom is 0.338 e. The standard InChI is InChI=1S/C26H23ClN4O6S/c1-2-31(20-6-4-3-5-7-20)38(35,36)21-12-13-22(27)23(16-21)30-25(33)17-37-26(34)18-8-10-19(11-9-18)29-24(32)14-15-28/h3-13,16H,2,14,17H2,1H3,(H,29,32)(H,30,33). The van der Waals surface area contributed by atoms with E-state index in [0.29, 0.717) is 11.4 Å². The van der Waals surface area contributed by atoms with Crippen molar-refractivity contribution in [3.8, 4) is 6.07 Å².